The molecule has 0 saturated carbocycles. The van der Waals surface area contributed by atoms with Gasteiger partial charge in [0, 0.05) is 0 Å². The molecule has 2 nitrogen and oxygen atoms in total. The van der Waals surface area contributed by atoms with Gasteiger partial charge in [-0.2, -0.15) is 0 Å². The fourth-order valence-electron chi connectivity index (χ4n) is 2.51. The van der Waals surface area contributed by atoms with Gasteiger partial charge in [-0.3, -0.25) is 0 Å². The zero-order chi connectivity index (χ0) is 17.8. The van der Waals surface area contributed by atoms with Crippen molar-refractivity contribution in [3.63, 3.8) is 0 Å². The second-order valence-corrected chi connectivity index (χ2v) is 14.4. The highest BCUT2D eigenvalue weighted by molar-refractivity contribution is 7.91. The van der Waals surface area contributed by atoms with E-state index in [9.17, 15) is 8.42 Å². The Bertz CT molecular complexity index is 799. The summed E-state index contributed by atoms with van der Waals surface area (Å²) in [4.78, 5) is 0.402. The Labute approximate surface area is 147 Å². The number of sulfone groups is 1. The van der Waals surface area contributed by atoms with E-state index in [1.54, 1.807) is 12.1 Å². The van der Waals surface area contributed by atoms with E-state index in [2.05, 4.69) is 31.8 Å². The van der Waals surface area contributed by atoms with Crippen LogP contribution in [0.5, 0.6) is 0 Å². The van der Waals surface area contributed by atoms with Gasteiger partial charge in [-0.25, -0.2) is 8.42 Å². The highest BCUT2D eigenvalue weighted by Crippen LogP contribution is 2.21. The van der Waals surface area contributed by atoms with Crippen molar-refractivity contribution in [2.75, 3.05) is 5.75 Å². The molecule has 0 radical (unpaired) electrons. The van der Waals surface area contributed by atoms with E-state index in [0.717, 1.165) is 12.0 Å². The fraction of sp³-hybridized carbons (Fsp3) is 0.300. The van der Waals surface area contributed by atoms with Gasteiger partial charge in [0.15, 0.2) is 9.84 Å². The van der Waals surface area contributed by atoms with Crippen molar-refractivity contribution in [2.24, 2.45) is 0 Å². The third-order valence-electron chi connectivity index (χ3n) is 4.13. The van der Waals surface area contributed by atoms with E-state index in [1.807, 2.05) is 43.3 Å². The molecule has 0 atom stereocenters. The molecule has 4 heteroatoms. The standard InChI is InChI=1S/C20H26O2SSi/c1-17-10-12-19(13-11-17)23(21,22)15-14-20(24(2,3)4)16-18-8-6-5-7-9-18/h5-14H,15-16H2,1-4H3/b20-14-. The average Bonchev–Trinajstić information content (AvgIpc) is 2.52. The summed E-state index contributed by atoms with van der Waals surface area (Å²) in [5.41, 5.74) is 2.30. The van der Waals surface area contributed by atoms with Crippen LogP contribution >= 0.6 is 0 Å². The number of rotatable bonds is 6. The van der Waals surface area contributed by atoms with Crippen LogP contribution in [0.25, 0.3) is 0 Å². The maximum Gasteiger partial charge on any atom is 0.181 e. The zero-order valence-electron chi connectivity index (χ0n) is 14.9. The third-order valence-corrected chi connectivity index (χ3v) is 8.03. The Morgan fingerprint density at radius 2 is 1.54 bits per heavy atom. The lowest BCUT2D eigenvalue weighted by Gasteiger charge is -2.21. The van der Waals surface area contributed by atoms with Gasteiger partial charge in [-0.15, -0.1) is 0 Å². The van der Waals surface area contributed by atoms with Crippen LogP contribution < -0.4 is 0 Å². The molecule has 2 aromatic rings. The average molecular weight is 359 g/mol. The van der Waals surface area contributed by atoms with Crippen molar-refractivity contribution in [2.45, 2.75) is 37.9 Å². The molecule has 0 aliphatic heterocycles. The minimum absolute atomic E-state index is 0.0719. The predicted octanol–water partition coefficient (Wildman–Crippen LogP) is 4.82. The Hall–Kier alpha value is -1.65. The summed E-state index contributed by atoms with van der Waals surface area (Å²) >= 11 is 0. The second-order valence-electron chi connectivity index (χ2n) is 7.24. The summed E-state index contributed by atoms with van der Waals surface area (Å²) in [6.07, 6.45) is 2.79. The number of hydrogen-bond acceptors (Lipinski definition) is 2. The number of hydrogen-bond donors (Lipinski definition) is 0. The van der Waals surface area contributed by atoms with Crippen LogP contribution in [0.1, 0.15) is 11.1 Å². The minimum Gasteiger partial charge on any atom is -0.223 e. The minimum atomic E-state index is -3.28. The van der Waals surface area contributed by atoms with E-state index in [-0.39, 0.29) is 5.75 Å². The first-order chi connectivity index (χ1) is 11.2. The molecule has 24 heavy (non-hydrogen) atoms. The molecular weight excluding hydrogens is 332 g/mol. The highest BCUT2D eigenvalue weighted by Gasteiger charge is 2.21. The first kappa shape index (κ1) is 18.7. The molecule has 0 bridgehead atoms. The van der Waals surface area contributed by atoms with Gasteiger partial charge in [0.2, 0.25) is 0 Å². The third kappa shape index (κ3) is 5.18. The summed E-state index contributed by atoms with van der Waals surface area (Å²) < 4.78 is 25.2. The van der Waals surface area contributed by atoms with Crippen molar-refractivity contribution >= 4 is 17.9 Å². The largest absolute Gasteiger partial charge is 0.223 e. The van der Waals surface area contributed by atoms with E-state index < -0.39 is 17.9 Å². The Morgan fingerprint density at radius 3 is 2.08 bits per heavy atom. The Kier molecular flexibility index (Phi) is 5.83. The number of aryl methyl sites for hydroxylation is 1. The lowest BCUT2D eigenvalue weighted by Crippen LogP contribution is -2.26. The molecule has 0 fully saturated rings. The number of allylic oxidation sites excluding steroid dienone is 1. The molecule has 0 saturated heterocycles. The first-order valence-electron chi connectivity index (χ1n) is 8.21. The van der Waals surface area contributed by atoms with Crippen molar-refractivity contribution in [3.8, 4) is 0 Å². The van der Waals surface area contributed by atoms with Gasteiger partial charge in [-0.05, 0) is 31.0 Å². The van der Waals surface area contributed by atoms with Crippen molar-refractivity contribution in [1.82, 2.24) is 0 Å². The van der Waals surface area contributed by atoms with Gasteiger partial charge in [0.25, 0.3) is 0 Å². The smallest absolute Gasteiger partial charge is 0.181 e. The molecule has 0 amide bonds. The van der Waals surface area contributed by atoms with Crippen molar-refractivity contribution < 1.29 is 8.42 Å². The summed E-state index contributed by atoms with van der Waals surface area (Å²) in [7, 11) is -4.86. The van der Waals surface area contributed by atoms with E-state index in [0.29, 0.717) is 4.90 Å². The summed E-state index contributed by atoms with van der Waals surface area (Å²) in [6, 6.07) is 17.3. The Morgan fingerprint density at radius 1 is 0.958 bits per heavy atom. The molecule has 0 heterocycles. The zero-order valence-corrected chi connectivity index (χ0v) is 16.7. The lowest BCUT2D eigenvalue weighted by molar-refractivity contribution is 0.599. The maximum absolute atomic E-state index is 12.6. The number of benzene rings is 2. The van der Waals surface area contributed by atoms with E-state index >= 15 is 0 Å². The van der Waals surface area contributed by atoms with Gasteiger partial charge >= 0.3 is 0 Å². The van der Waals surface area contributed by atoms with Crippen LogP contribution in [0.4, 0.5) is 0 Å². The van der Waals surface area contributed by atoms with E-state index in [1.165, 1.54) is 10.8 Å². The first-order valence-corrected chi connectivity index (χ1v) is 13.4. The summed E-state index contributed by atoms with van der Waals surface area (Å²) in [6.45, 7) is 8.75. The second kappa shape index (κ2) is 7.49. The summed E-state index contributed by atoms with van der Waals surface area (Å²) in [5.74, 6) is 0.0719. The van der Waals surface area contributed by atoms with Gasteiger partial charge in [0.1, 0.15) is 0 Å². The molecule has 0 N–H and O–H groups in total. The quantitative estimate of drug-likeness (QED) is 0.694. The van der Waals surface area contributed by atoms with Crippen LogP contribution in [-0.2, 0) is 16.3 Å². The van der Waals surface area contributed by atoms with Crippen LogP contribution in [0, 0.1) is 6.92 Å². The molecule has 0 aliphatic carbocycles. The van der Waals surface area contributed by atoms with Crippen LogP contribution in [-0.4, -0.2) is 22.2 Å². The normalized spacial score (nSPS) is 13.1. The molecule has 0 aromatic heterocycles. The van der Waals surface area contributed by atoms with Crippen molar-refractivity contribution in [3.05, 3.63) is 77.0 Å². The molecule has 2 aromatic carbocycles. The van der Waals surface area contributed by atoms with E-state index in [4.69, 9.17) is 0 Å². The Balaban J connectivity index is 2.25. The SMILES string of the molecule is Cc1ccc(S(=O)(=O)C/C=C(/Cc2ccccc2)[Si](C)(C)C)cc1. The van der Waals surface area contributed by atoms with Crippen molar-refractivity contribution in [1.29, 1.82) is 0 Å². The molecule has 0 unspecified atom stereocenters. The predicted molar refractivity (Wildman–Crippen MR) is 105 cm³/mol. The van der Waals surface area contributed by atoms with Crippen LogP contribution in [0.3, 0.4) is 0 Å². The van der Waals surface area contributed by atoms with Gasteiger partial charge in [0.05, 0.1) is 18.7 Å². The van der Waals surface area contributed by atoms with Gasteiger partial charge in [-0.1, -0.05) is 78.9 Å². The van der Waals surface area contributed by atoms with Gasteiger partial charge < -0.3 is 0 Å². The molecule has 128 valence electrons. The molecule has 0 aliphatic rings. The molecule has 0 spiro atoms. The monoisotopic (exact) mass is 358 g/mol. The molecule has 2 rings (SSSR count). The summed E-state index contributed by atoms with van der Waals surface area (Å²) in [5, 5.41) is 1.28. The maximum atomic E-state index is 12.6. The van der Waals surface area contributed by atoms with Crippen LogP contribution in [0.2, 0.25) is 19.6 Å². The lowest BCUT2D eigenvalue weighted by atomic mass is 10.1. The highest BCUT2D eigenvalue weighted by atomic mass is 32.2. The molecular formula is C20H26O2SSi. The fourth-order valence-corrected chi connectivity index (χ4v) is 5.27. The topological polar surface area (TPSA) is 34.1 Å². The van der Waals surface area contributed by atoms with Crippen LogP contribution in [0.15, 0.2) is 70.8 Å².